The Morgan fingerprint density at radius 3 is 2.12 bits per heavy atom. The van der Waals surface area contributed by atoms with E-state index in [-0.39, 0.29) is 12.8 Å². The van der Waals surface area contributed by atoms with Crippen LogP contribution in [0.15, 0.2) is 59.5 Å². The van der Waals surface area contributed by atoms with Gasteiger partial charge in [-0.1, -0.05) is 36.4 Å². The van der Waals surface area contributed by atoms with E-state index in [1.54, 1.807) is 6.08 Å². The number of hydrogen-bond acceptors (Lipinski definition) is 8. The second kappa shape index (κ2) is 8.27. The fraction of sp³-hybridized carbons (Fsp3) is 0.292. The SMILES string of the molecule is COC(=O)C12C=C(c3ccccc3)OC(c3cccs3)=C1CC(C(=O)OC)(C(=O)OC)C2. The van der Waals surface area contributed by atoms with Crippen molar-refractivity contribution in [2.24, 2.45) is 10.8 Å². The van der Waals surface area contributed by atoms with E-state index >= 15 is 0 Å². The highest BCUT2D eigenvalue weighted by atomic mass is 32.1. The van der Waals surface area contributed by atoms with E-state index in [1.165, 1.54) is 32.7 Å². The van der Waals surface area contributed by atoms with Crippen molar-refractivity contribution in [2.45, 2.75) is 12.8 Å². The molecule has 1 atom stereocenters. The molecule has 1 fully saturated rings. The maximum Gasteiger partial charge on any atom is 0.323 e. The first kappa shape index (κ1) is 21.8. The Hall–Kier alpha value is -3.39. The Morgan fingerprint density at radius 2 is 1.56 bits per heavy atom. The summed E-state index contributed by atoms with van der Waals surface area (Å²) in [7, 11) is 3.69. The molecule has 2 heterocycles. The quantitative estimate of drug-likeness (QED) is 0.386. The van der Waals surface area contributed by atoms with Gasteiger partial charge in [0.25, 0.3) is 0 Å². The molecule has 4 rings (SSSR count). The molecule has 8 heteroatoms. The van der Waals surface area contributed by atoms with Gasteiger partial charge < -0.3 is 18.9 Å². The molecule has 2 aromatic rings. The Kier molecular flexibility index (Phi) is 5.64. The smallest absolute Gasteiger partial charge is 0.323 e. The molecule has 166 valence electrons. The van der Waals surface area contributed by atoms with E-state index < -0.39 is 28.7 Å². The molecule has 1 saturated carbocycles. The Bertz CT molecular complexity index is 1100. The lowest BCUT2D eigenvalue weighted by Gasteiger charge is -2.32. The number of fused-ring (bicyclic) bond motifs is 1. The fourth-order valence-corrected chi connectivity index (χ4v) is 5.23. The molecule has 0 N–H and O–H groups in total. The number of methoxy groups -OCH3 is 3. The number of carbonyl (C=O) groups excluding carboxylic acids is 3. The molecule has 1 aliphatic carbocycles. The largest absolute Gasteiger partial charge is 0.468 e. The monoisotopic (exact) mass is 454 g/mol. The number of ether oxygens (including phenoxy) is 4. The highest BCUT2D eigenvalue weighted by molar-refractivity contribution is 7.11. The third-order valence-corrected chi connectivity index (χ3v) is 6.84. The van der Waals surface area contributed by atoms with Crippen LogP contribution in [0.5, 0.6) is 0 Å². The highest BCUT2D eigenvalue weighted by Crippen LogP contribution is 2.61. The number of benzene rings is 1. The van der Waals surface area contributed by atoms with Crippen molar-refractivity contribution >= 4 is 40.8 Å². The zero-order valence-electron chi connectivity index (χ0n) is 17.9. The van der Waals surface area contributed by atoms with Gasteiger partial charge in [-0.15, -0.1) is 11.3 Å². The molecule has 1 aromatic heterocycles. The van der Waals surface area contributed by atoms with Crippen molar-refractivity contribution in [3.8, 4) is 0 Å². The lowest BCUT2D eigenvalue weighted by atomic mass is 9.76. The minimum absolute atomic E-state index is 0.0900. The van der Waals surface area contributed by atoms with E-state index in [2.05, 4.69) is 0 Å². The third kappa shape index (κ3) is 3.22. The van der Waals surface area contributed by atoms with Crippen molar-refractivity contribution in [3.05, 3.63) is 69.9 Å². The first-order valence-electron chi connectivity index (χ1n) is 9.91. The summed E-state index contributed by atoms with van der Waals surface area (Å²) in [5, 5.41) is 1.88. The van der Waals surface area contributed by atoms with Crippen LogP contribution < -0.4 is 0 Å². The number of esters is 3. The summed E-state index contributed by atoms with van der Waals surface area (Å²) in [6.07, 6.45) is 1.37. The molecule has 0 bridgehead atoms. The van der Waals surface area contributed by atoms with Crippen molar-refractivity contribution in [2.75, 3.05) is 21.3 Å². The van der Waals surface area contributed by atoms with E-state index in [4.69, 9.17) is 18.9 Å². The van der Waals surface area contributed by atoms with Gasteiger partial charge in [0.15, 0.2) is 5.41 Å². The number of rotatable bonds is 5. The van der Waals surface area contributed by atoms with Crippen LogP contribution in [-0.4, -0.2) is 39.2 Å². The van der Waals surface area contributed by atoms with Gasteiger partial charge in [-0.25, -0.2) is 0 Å². The van der Waals surface area contributed by atoms with Crippen LogP contribution in [-0.2, 0) is 33.3 Å². The van der Waals surface area contributed by atoms with Crippen LogP contribution in [0.3, 0.4) is 0 Å². The number of thiophene rings is 1. The first-order valence-corrected chi connectivity index (χ1v) is 10.8. The normalized spacial score (nSPS) is 21.2. The summed E-state index contributed by atoms with van der Waals surface area (Å²) in [5.74, 6) is -1.26. The van der Waals surface area contributed by atoms with Crippen molar-refractivity contribution in [1.29, 1.82) is 0 Å². The zero-order valence-corrected chi connectivity index (χ0v) is 18.7. The molecular weight excluding hydrogens is 432 g/mol. The lowest BCUT2D eigenvalue weighted by molar-refractivity contribution is -0.169. The molecule has 1 aliphatic heterocycles. The van der Waals surface area contributed by atoms with Gasteiger partial charge in [0, 0.05) is 12.0 Å². The summed E-state index contributed by atoms with van der Waals surface area (Å²) >= 11 is 1.43. The topological polar surface area (TPSA) is 88.1 Å². The van der Waals surface area contributed by atoms with Gasteiger partial charge in [-0.2, -0.15) is 0 Å². The summed E-state index contributed by atoms with van der Waals surface area (Å²) in [5.41, 5.74) is -1.87. The molecule has 0 spiro atoms. The average molecular weight is 455 g/mol. The van der Waals surface area contributed by atoms with Crippen molar-refractivity contribution < 1.29 is 33.3 Å². The van der Waals surface area contributed by atoms with E-state index in [1.807, 2.05) is 47.8 Å². The minimum atomic E-state index is -1.71. The predicted octanol–water partition coefficient (Wildman–Crippen LogP) is 3.82. The second-order valence-corrected chi connectivity index (χ2v) is 8.59. The van der Waals surface area contributed by atoms with Crippen LogP contribution in [0.2, 0.25) is 0 Å². The summed E-state index contributed by atoms with van der Waals surface area (Å²) < 4.78 is 21.5. The van der Waals surface area contributed by atoms with Crippen molar-refractivity contribution in [1.82, 2.24) is 0 Å². The fourth-order valence-electron chi connectivity index (χ4n) is 4.50. The standard InChI is InChI=1S/C24H22O7S/c1-28-20(25)23-13-17(15-8-5-4-6-9-15)31-19(18-10-7-11-32-18)16(23)12-24(14-23,21(26)29-2)22(27)30-3/h4-11,13H,12,14H2,1-3H3. The highest BCUT2D eigenvalue weighted by Gasteiger charge is 2.66. The zero-order chi connectivity index (χ0) is 22.9. The van der Waals surface area contributed by atoms with Gasteiger partial charge in [-0.3, -0.25) is 14.4 Å². The van der Waals surface area contributed by atoms with Crippen LogP contribution >= 0.6 is 11.3 Å². The molecule has 1 unspecified atom stereocenters. The molecule has 32 heavy (non-hydrogen) atoms. The van der Waals surface area contributed by atoms with Gasteiger partial charge in [0.1, 0.15) is 16.9 Å². The van der Waals surface area contributed by atoms with E-state index in [0.29, 0.717) is 17.1 Å². The Balaban J connectivity index is 2.01. The average Bonchev–Trinajstić information content (AvgIpc) is 3.50. The van der Waals surface area contributed by atoms with Crippen LogP contribution in [0, 0.1) is 10.8 Å². The van der Waals surface area contributed by atoms with E-state index in [0.717, 1.165) is 10.4 Å². The van der Waals surface area contributed by atoms with Crippen LogP contribution in [0.25, 0.3) is 11.5 Å². The van der Waals surface area contributed by atoms with Gasteiger partial charge in [-0.05, 0) is 29.5 Å². The maximum atomic E-state index is 13.3. The molecule has 0 saturated heterocycles. The van der Waals surface area contributed by atoms with Crippen LogP contribution in [0.4, 0.5) is 0 Å². The second-order valence-electron chi connectivity index (χ2n) is 7.64. The maximum absolute atomic E-state index is 13.3. The number of carbonyl (C=O) groups is 3. The summed E-state index contributed by atoms with van der Waals surface area (Å²) in [6.45, 7) is 0. The number of hydrogen-bond donors (Lipinski definition) is 0. The Labute approximate surface area is 189 Å². The molecule has 1 aromatic carbocycles. The molecule has 7 nitrogen and oxygen atoms in total. The first-order chi connectivity index (χ1) is 15.4. The van der Waals surface area contributed by atoms with Gasteiger partial charge >= 0.3 is 17.9 Å². The van der Waals surface area contributed by atoms with Gasteiger partial charge in [0.05, 0.1) is 26.2 Å². The van der Waals surface area contributed by atoms with Gasteiger partial charge in [0.2, 0.25) is 0 Å². The molecule has 2 aliphatic rings. The summed E-state index contributed by atoms with van der Waals surface area (Å²) in [4.78, 5) is 39.9. The van der Waals surface area contributed by atoms with Crippen LogP contribution in [0.1, 0.15) is 23.3 Å². The minimum Gasteiger partial charge on any atom is -0.468 e. The molecular formula is C24H22O7S. The molecule has 0 amide bonds. The molecule has 0 radical (unpaired) electrons. The Morgan fingerprint density at radius 1 is 0.906 bits per heavy atom. The lowest BCUT2D eigenvalue weighted by Crippen LogP contribution is -2.41. The van der Waals surface area contributed by atoms with E-state index in [9.17, 15) is 14.4 Å². The summed E-state index contributed by atoms with van der Waals surface area (Å²) in [6, 6.07) is 13.0. The third-order valence-electron chi connectivity index (χ3n) is 5.97. The van der Waals surface area contributed by atoms with Crippen molar-refractivity contribution in [3.63, 3.8) is 0 Å². The predicted molar refractivity (Wildman–Crippen MR) is 117 cm³/mol.